The first-order chi connectivity index (χ1) is 14.0. The maximum Gasteiger partial charge on any atom is 0.255 e. The minimum atomic E-state index is -1.06. The molecule has 0 N–H and O–H groups in total. The summed E-state index contributed by atoms with van der Waals surface area (Å²) in [6.45, 7) is 1.31. The van der Waals surface area contributed by atoms with Gasteiger partial charge in [-0.3, -0.25) is 14.2 Å². The summed E-state index contributed by atoms with van der Waals surface area (Å²) in [5.74, 6) is -1.96. The van der Waals surface area contributed by atoms with E-state index in [1.165, 1.54) is 17.2 Å². The Morgan fingerprint density at radius 3 is 2.07 bits per heavy atom. The fourth-order valence-corrected chi connectivity index (χ4v) is 3.17. The molecule has 0 unspecified atom stereocenters. The van der Waals surface area contributed by atoms with Gasteiger partial charge in [-0.25, -0.2) is 18.7 Å². The molecule has 0 radical (unpaired) electrons. The number of pyridine rings is 1. The quantitative estimate of drug-likeness (QED) is 0.679. The molecule has 9 heteroatoms. The predicted octanol–water partition coefficient (Wildman–Crippen LogP) is 2.14. The van der Waals surface area contributed by atoms with E-state index in [1.54, 1.807) is 40.3 Å². The first-order valence-electron chi connectivity index (χ1n) is 9.01. The highest BCUT2D eigenvalue weighted by Crippen LogP contribution is 2.15. The summed E-state index contributed by atoms with van der Waals surface area (Å²) < 4.78 is 28.2. The number of aromatic nitrogens is 3. The van der Waals surface area contributed by atoms with Crippen LogP contribution in [-0.4, -0.2) is 62.3 Å². The van der Waals surface area contributed by atoms with Crippen molar-refractivity contribution in [3.05, 3.63) is 78.0 Å². The number of piperazine rings is 1. The van der Waals surface area contributed by atoms with E-state index < -0.39 is 11.6 Å². The summed E-state index contributed by atoms with van der Waals surface area (Å²) in [7, 11) is 0. The lowest BCUT2D eigenvalue weighted by Crippen LogP contribution is -2.50. The molecule has 4 rings (SSSR count). The number of carbonyl (C=O) groups excluding carboxylic acids is 2. The van der Waals surface area contributed by atoms with E-state index in [9.17, 15) is 18.4 Å². The molecule has 0 bridgehead atoms. The van der Waals surface area contributed by atoms with Crippen LogP contribution in [-0.2, 0) is 0 Å². The van der Waals surface area contributed by atoms with Gasteiger partial charge in [0.05, 0.1) is 5.56 Å². The third-order valence-corrected chi connectivity index (χ3v) is 4.78. The second-order valence-electron chi connectivity index (χ2n) is 6.59. The molecule has 7 nitrogen and oxygen atoms in total. The van der Waals surface area contributed by atoms with E-state index in [1.807, 2.05) is 0 Å². The molecule has 0 atom stereocenters. The van der Waals surface area contributed by atoms with E-state index in [0.29, 0.717) is 37.6 Å². The summed E-state index contributed by atoms with van der Waals surface area (Å²) in [6.07, 6.45) is 6.53. The number of halogens is 2. The first-order valence-corrected chi connectivity index (χ1v) is 9.01. The van der Waals surface area contributed by atoms with Crippen molar-refractivity contribution in [2.45, 2.75) is 0 Å². The molecule has 0 spiro atoms. The number of hydrogen-bond donors (Lipinski definition) is 0. The van der Waals surface area contributed by atoms with Crippen molar-refractivity contribution in [1.29, 1.82) is 0 Å². The molecule has 148 valence electrons. The molecule has 1 fully saturated rings. The van der Waals surface area contributed by atoms with E-state index in [0.717, 1.165) is 12.1 Å². The fraction of sp³-hybridized carbons (Fsp3) is 0.200. The van der Waals surface area contributed by atoms with Gasteiger partial charge in [0.25, 0.3) is 11.8 Å². The van der Waals surface area contributed by atoms with Crippen molar-refractivity contribution in [3.63, 3.8) is 0 Å². The Hall–Kier alpha value is -3.62. The maximum absolute atomic E-state index is 13.4. The lowest BCUT2D eigenvalue weighted by atomic mass is 10.1. The van der Waals surface area contributed by atoms with Crippen LogP contribution in [0.2, 0.25) is 0 Å². The van der Waals surface area contributed by atoms with Crippen LogP contribution in [0, 0.1) is 11.6 Å². The number of nitrogens with zero attached hydrogens (tertiary/aromatic N) is 5. The summed E-state index contributed by atoms with van der Waals surface area (Å²) in [5.41, 5.74) is 0.539. The summed E-state index contributed by atoms with van der Waals surface area (Å²) in [5, 5.41) is 0. The molecule has 0 aliphatic carbocycles. The van der Waals surface area contributed by atoms with Crippen LogP contribution in [0.15, 0.2) is 55.2 Å². The van der Waals surface area contributed by atoms with Gasteiger partial charge in [-0.1, -0.05) is 0 Å². The van der Waals surface area contributed by atoms with Crippen molar-refractivity contribution in [2.75, 3.05) is 26.2 Å². The Kier molecular flexibility index (Phi) is 5.03. The summed E-state index contributed by atoms with van der Waals surface area (Å²) in [4.78, 5) is 36.6. The van der Waals surface area contributed by atoms with Crippen molar-refractivity contribution in [3.8, 4) is 5.82 Å². The second-order valence-corrected chi connectivity index (χ2v) is 6.59. The highest BCUT2D eigenvalue weighted by atomic mass is 19.2. The lowest BCUT2D eigenvalue weighted by molar-refractivity contribution is 0.0535. The SMILES string of the molecule is O=C(c1ccc(-n2ccnc2)nc1)N1CCN(C(=O)c2ccc(F)c(F)c2)CC1. The molecule has 29 heavy (non-hydrogen) atoms. The van der Waals surface area contributed by atoms with Crippen LogP contribution < -0.4 is 0 Å². The van der Waals surface area contributed by atoms with Gasteiger partial charge < -0.3 is 9.80 Å². The molecule has 1 aromatic carbocycles. The van der Waals surface area contributed by atoms with Gasteiger partial charge in [0.1, 0.15) is 12.1 Å². The van der Waals surface area contributed by atoms with Crippen LogP contribution in [0.4, 0.5) is 8.78 Å². The molecule has 2 amide bonds. The molecule has 1 saturated heterocycles. The Bertz CT molecular complexity index is 1030. The smallest absolute Gasteiger partial charge is 0.255 e. The zero-order chi connectivity index (χ0) is 20.4. The standard InChI is InChI=1S/C20H17F2N5O2/c21-16-3-1-14(11-17(16)22)19(28)25-7-9-26(10-8-25)20(29)15-2-4-18(24-12-15)27-6-5-23-13-27/h1-6,11-13H,7-10H2. The van der Waals surface area contributed by atoms with Crippen molar-refractivity contribution in [2.24, 2.45) is 0 Å². The van der Waals surface area contributed by atoms with Gasteiger partial charge in [0, 0.05) is 50.3 Å². The zero-order valence-electron chi connectivity index (χ0n) is 15.3. The monoisotopic (exact) mass is 397 g/mol. The van der Waals surface area contributed by atoms with E-state index in [2.05, 4.69) is 9.97 Å². The third kappa shape index (κ3) is 3.84. The third-order valence-electron chi connectivity index (χ3n) is 4.78. The minimum absolute atomic E-state index is 0.0861. The average Bonchev–Trinajstić information content (AvgIpc) is 3.30. The van der Waals surface area contributed by atoms with E-state index in [4.69, 9.17) is 0 Å². The first kappa shape index (κ1) is 18.7. The van der Waals surface area contributed by atoms with Gasteiger partial charge in [0.2, 0.25) is 0 Å². The van der Waals surface area contributed by atoms with Gasteiger partial charge in [-0.15, -0.1) is 0 Å². The number of carbonyl (C=O) groups is 2. The van der Waals surface area contributed by atoms with Crippen LogP contribution in [0.3, 0.4) is 0 Å². The Labute approximate surface area is 165 Å². The van der Waals surface area contributed by atoms with Crippen LogP contribution in [0.25, 0.3) is 5.82 Å². The highest BCUT2D eigenvalue weighted by Gasteiger charge is 2.26. The molecule has 2 aromatic heterocycles. The number of amides is 2. The largest absolute Gasteiger partial charge is 0.335 e. The normalized spacial score (nSPS) is 14.1. The number of rotatable bonds is 3. The van der Waals surface area contributed by atoms with Crippen molar-refractivity contribution in [1.82, 2.24) is 24.3 Å². The van der Waals surface area contributed by atoms with Crippen molar-refractivity contribution >= 4 is 11.8 Å². The van der Waals surface area contributed by atoms with Gasteiger partial charge >= 0.3 is 0 Å². The van der Waals surface area contributed by atoms with Gasteiger partial charge in [-0.05, 0) is 30.3 Å². The zero-order valence-corrected chi connectivity index (χ0v) is 15.3. The highest BCUT2D eigenvalue weighted by molar-refractivity contribution is 5.95. The van der Waals surface area contributed by atoms with Gasteiger partial charge in [-0.2, -0.15) is 0 Å². The topological polar surface area (TPSA) is 71.3 Å². The van der Waals surface area contributed by atoms with E-state index >= 15 is 0 Å². The molecular formula is C20H17F2N5O2. The predicted molar refractivity (Wildman–Crippen MR) is 99.5 cm³/mol. The number of hydrogen-bond acceptors (Lipinski definition) is 4. The minimum Gasteiger partial charge on any atom is -0.335 e. The number of imidazole rings is 1. The Morgan fingerprint density at radius 2 is 1.52 bits per heavy atom. The molecule has 3 heterocycles. The molecule has 1 aliphatic heterocycles. The van der Waals surface area contributed by atoms with E-state index in [-0.39, 0.29) is 17.4 Å². The summed E-state index contributed by atoms with van der Waals surface area (Å²) in [6, 6.07) is 6.51. The van der Waals surface area contributed by atoms with Crippen molar-refractivity contribution < 1.29 is 18.4 Å². The average molecular weight is 397 g/mol. The lowest BCUT2D eigenvalue weighted by Gasteiger charge is -2.34. The van der Waals surface area contributed by atoms with Crippen LogP contribution in [0.1, 0.15) is 20.7 Å². The summed E-state index contributed by atoms with van der Waals surface area (Å²) >= 11 is 0. The van der Waals surface area contributed by atoms with Crippen LogP contribution >= 0.6 is 0 Å². The van der Waals surface area contributed by atoms with Crippen LogP contribution in [0.5, 0.6) is 0 Å². The molecule has 3 aromatic rings. The molecular weight excluding hydrogens is 380 g/mol. The number of benzene rings is 1. The Morgan fingerprint density at radius 1 is 0.862 bits per heavy atom. The van der Waals surface area contributed by atoms with Gasteiger partial charge in [0.15, 0.2) is 11.6 Å². The molecule has 1 aliphatic rings. The Balaban J connectivity index is 1.38. The second kappa shape index (κ2) is 7.78. The maximum atomic E-state index is 13.4. The fourth-order valence-electron chi connectivity index (χ4n) is 3.17. The molecule has 0 saturated carbocycles.